The van der Waals surface area contributed by atoms with Gasteiger partial charge in [-0.25, -0.2) is 0 Å². The van der Waals surface area contributed by atoms with Gasteiger partial charge in [0.15, 0.2) is 0 Å². The molecule has 0 saturated heterocycles. The molecule has 0 heterocycles. The number of nitrogens with zero attached hydrogens (tertiary/aromatic N) is 1. The predicted molar refractivity (Wildman–Crippen MR) is 62.2 cm³/mol. The summed E-state index contributed by atoms with van der Waals surface area (Å²) in [6, 6.07) is 7.76. The van der Waals surface area contributed by atoms with Crippen molar-refractivity contribution < 1.29 is 9.53 Å². The number of rotatable bonds is 3. The van der Waals surface area contributed by atoms with Crippen molar-refractivity contribution in [1.82, 2.24) is 0 Å². The molecular weight excluding hydrogens is 216 g/mol. The van der Waals surface area contributed by atoms with E-state index in [1.165, 1.54) is 7.11 Å². The maximum atomic E-state index is 11.3. The molecule has 2 rings (SSSR count). The molecule has 0 bridgehead atoms. The van der Waals surface area contributed by atoms with Crippen LogP contribution in [0.1, 0.15) is 29.0 Å². The van der Waals surface area contributed by atoms with E-state index in [1.54, 1.807) is 6.07 Å². The van der Waals surface area contributed by atoms with Crippen molar-refractivity contribution in [3.8, 4) is 6.07 Å². The van der Waals surface area contributed by atoms with Crippen molar-refractivity contribution >= 4 is 5.91 Å². The van der Waals surface area contributed by atoms with Crippen LogP contribution in [0.15, 0.2) is 18.2 Å². The van der Waals surface area contributed by atoms with Crippen LogP contribution >= 0.6 is 0 Å². The van der Waals surface area contributed by atoms with Gasteiger partial charge in [0.25, 0.3) is 0 Å². The molecule has 0 aromatic heterocycles. The van der Waals surface area contributed by atoms with E-state index < -0.39 is 12.0 Å². The van der Waals surface area contributed by atoms with Crippen LogP contribution in [-0.2, 0) is 16.0 Å². The van der Waals surface area contributed by atoms with Gasteiger partial charge >= 0.3 is 0 Å². The standard InChI is InChI=1S/C13H14N2O2/c1-17-12(13(15)16)11-6-5-9-8(7-14)3-2-4-10(9)11/h2-4,11-12H,5-6H2,1H3,(H2,15,16)/t11-,12?/m1/s1. The summed E-state index contributed by atoms with van der Waals surface area (Å²) in [4.78, 5) is 11.3. The molecule has 1 aromatic carbocycles. The second kappa shape index (κ2) is 4.56. The molecule has 1 amide bonds. The van der Waals surface area contributed by atoms with Gasteiger partial charge in [-0.15, -0.1) is 0 Å². The highest BCUT2D eigenvalue weighted by atomic mass is 16.5. The first-order valence-electron chi connectivity index (χ1n) is 5.53. The normalized spacial score (nSPS) is 19.4. The molecule has 1 aliphatic rings. The van der Waals surface area contributed by atoms with E-state index in [4.69, 9.17) is 15.7 Å². The molecule has 1 aliphatic carbocycles. The summed E-state index contributed by atoms with van der Waals surface area (Å²) in [5.74, 6) is -0.478. The van der Waals surface area contributed by atoms with Crippen molar-refractivity contribution in [2.75, 3.05) is 7.11 Å². The summed E-state index contributed by atoms with van der Waals surface area (Å²) in [6.07, 6.45) is 0.997. The number of carbonyl (C=O) groups is 1. The summed E-state index contributed by atoms with van der Waals surface area (Å²) in [5.41, 5.74) is 8.06. The number of methoxy groups -OCH3 is 1. The second-order valence-electron chi connectivity index (χ2n) is 4.19. The molecule has 4 nitrogen and oxygen atoms in total. The molecule has 4 heteroatoms. The number of carbonyl (C=O) groups excluding carboxylic acids is 1. The zero-order valence-electron chi connectivity index (χ0n) is 9.64. The van der Waals surface area contributed by atoms with Gasteiger partial charge in [-0.1, -0.05) is 12.1 Å². The minimum Gasteiger partial charge on any atom is -0.371 e. The number of nitrogens with two attached hydrogens (primary N) is 1. The Bertz CT molecular complexity index is 491. The topological polar surface area (TPSA) is 76.1 Å². The Hall–Kier alpha value is -1.86. The highest BCUT2D eigenvalue weighted by molar-refractivity contribution is 5.80. The van der Waals surface area contributed by atoms with Gasteiger partial charge in [-0.3, -0.25) is 4.79 Å². The minimum atomic E-state index is -0.606. The number of ether oxygens (including phenoxy) is 1. The molecular formula is C13H14N2O2. The fourth-order valence-electron chi connectivity index (χ4n) is 2.58. The maximum Gasteiger partial charge on any atom is 0.247 e. The van der Waals surface area contributed by atoms with Gasteiger partial charge in [0.05, 0.1) is 11.6 Å². The van der Waals surface area contributed by atoms with Gasteiger partial charge in [-0.2, -0.15) is 5.26 Å². The van der Waals surface area contributed by atoms with Crippen LogP contribution in [-0.4, -0.2) is 19.1 Å². The van der Waals surface area contributed by atoms with E-state index >= 15 is 0 Å². The third kappa shape index (κ3) is 1.90. The van der Waals surface area contributed by atoms with Crippen LogP contribution in [0.2, 0.25) is 0 Å². The predicted octanol–water partition coefficient (Wildman–Crippen LogP) is 1.09. The van der Waals surface area contributed by atoms with Crippen LogP contribution < -0.4 is 5.73 Å². The van der Waals surface area contributed by atoms with Crippen LogP contribution in [0, 0.1) is 11.3 Å². The highest BCUT2D eigenvalue weighted by Crippen LogP contribution is 2.37. The average molecular weight is 230 g/mol. The van der Waals surface area contributed by atoms with Crippen molar-refractivity contribution in [2.45, 2.75) is 24.9 Å². The number of fused-ring (bicyclic) bond motifs is 1. The van der Waals surface area contributed by atoms with Gasteiger partial charge in [0.2, 0.25) is 5.91 Å². The third-order valence-corrected chi connectivity index (χ3v) is 3.34. The zero-order chi connectivity index (χ0) is 12.4. The van der Waals surface area contributed by atoms with Gasteiger partial charge < -0.3 is 10.5 Å². The van der Waals surface area contributed by atoms with Crippen molar-refractivity contribution in [3.05, 3.63) is 34.9 Å². The SMILES string of the molecule is COC(C(N)=O)[C@@H]1CCc2c(C#N)cccc21. The molecule has 1 unspecified atom stereocenters. The van der Waals surface area contributed by atoms with Crippen molar-refractivity contribution in [1.29, 1.82) is 5.26 Å². The smallest absolute Gasteiger partial charge is 0.247 e. The van der Waals surface area contributed by atoms with Gasteiger partial charge in [-0.05, 0) is 30.0 Å². The molecule has 2 N–H and O–H groups in total. The molecule has 2 atom stereocenters. The van der Waals surface area contributed by atoms with Crippen LogP contribution in [0.5, 0.6) is 0 Å². The van der Waals surface area contributed by atoms with Crippen LogP contribution in [0.25, 0.3) is 0 Å². The molecule has 17 heavy (non-hydrogen) atoms. The van der Waals surface area contributed by atoms with Crippen molar-refractivity contribution in [3.63, 3.8) is 0 Å². The van der Waals surface area contributed by atoms with Gasteiger partial charge in [0.1, 0.15) is 6.10 Å². The summed E-state index contributed by atoms with van der Waals surface area (Å²) in [5, 5.41) is 9.02. The fourth-order valence-corrected chi connectivity index (χ4v) is 2.58. The number of nitriles is 1. The molecule has 88 valence electrons. The number of amides is 1. The summed E-state index contributed by atoms with van der Waals surface area (Å²) >= 11 is 0. The number of hydrogen-bond acceptors (Lipinski definition) is 3. The minimum absolute atomic E-state index is 0.0270. The lowest BCUT2D eigenvalue weighted by molar-refractivity contribution is -0.129. The quantitative estimate of drug-likeness (QED) is 0.844. The Morgan fingerprint density at radius 1 is 1.65 bits per heavy atom. The van der Waals surface area contributed by atoms with Crippen LogP contribution in [0.4, 0.5) is 0 Å². The molecule has 0 saturated carbocycles. The lowest BCUT2D eigenvalue weighted by atomic mass is 9.93. The Morgan fingerprint density at radius 2 is 2.41 bits per heavy atom. The van der Waals surface area contributed by atoms with Crippen molar-refractivity contribution in [2.24, 2.45) is 5.73 Å². The Kier molecular flexibility index (Phi) is 3.12. The number of benzene rings is 1. The van der Waals surface area contributed by atoms with E-state index in [0.717, 1.165) is 24.0 Å². The van der Waals surface area contributed by atoms with E-state index in [0.29, 0.717) is 5.56 Å². The zero-order valence-corrected chi connectivity index (χ0v) is 9.64. The number of hydrogen-bond donors (Lipinski definition) is 1. The summed E-state index contributed by atoms with van der Waals surface area (Å²) in [7, 11) is 1.49. The van der Waals surface area contributed by atoms with E-state index in [1.807, 2.05) is 12.1 Å². The Labute approximate surface area is 100.0 Å². The molecule has 1 aromatic rings. The monoisotopic (exact) mass is 230 g/mol. The van der Waals surface area contributed by atoms with E-state index in [-0.39, 0.29) is 5.92 Å². The second-order valence-corrected chi connectivity index (χ2v) is 4.19. The maximum absolute atomic E-state index is 11.3. The first kappa shape index (κ1) is 11.6. The van der Waals surface area contributed by atoms with Gasteiger partial charge in [0, 0.05) is 13.0 Å². The first-order chi connectivity index (χ1) is 8.19. The molecule has 0 fully saturated rings. The van der Waals surface area contributed by atoms with E-state index in [2.05, 4.69) is 6.07 Å². The fraction of sp³-hybridized carbons (Fsp3) is 0.385. The van der Waals surface area contributed by atoms with E-state index in [9.17, 15) is 4.79 Å². The third-order valence-electron chi connectivity index (χ3n) is 3.34. The average Bonchev–Trinajstić information content (AvgIpc) is 2.73. The first-order valence-corrected chi connectivity index (χ1v) is 5.53. The Balaban J connectivity index is 2.41. The Morgan fingerprint density at radius 3 is 3.00 bits per heavy atom. The largest absolute Gasteiger partial charge is 0.371 e. The molecule has 0 aliphatic heterocycles. The molecule has 0 spiro atoms. The van der Waals surface area contributed by atoms with Crippen LogP contribution in [0.3, 0.4) is 0 Å². The molecule has 0 radical (unpaired) electrons. The highest BCUT2D eigenvalue weighted by Gasteiger charge is 2.34. The number of primary amides is 1. The summed E-state index contributed by atoms with van der Waals surface area (Å²) < 4.78 is 5.17. The lowest BCUT2D eigenvalue weighted by Crippen LogP contribution is -2.34. The lowest BCUT2D eigenvalue weighted by Gasteiger charge is -2.19. The summed E-state index contributed by atoms with van der Waals surface area (Å²) in [6.45, 7) is 0.